The van der Waals surface area contributed by atoms with Crippen molar-refractivity contribution in [2.75, 3.05) is 13.1 Å². The molecule has 0 aromatic carbocycles. The van der Waals surface area contributed by atoms with Gasteiger partial charge >= 0.3 is 18.0 Å². The topological polar surface area (TPSA) is 20.3 Å². The molecule has 0 fully saturated rings. The first-order chi connectivity index (χ1) is 13.2. The Bertz CT molecular complexity index is 381. The van der Waals surface area contributed by atoms with Gasteiger partial charge in [-0.05, 0) is 12.8 Å². The summed E-state index contributed by atoms with van der Waals surface area (Å²) >= 11 is 0. The third-order valence-corrected chi connectivity index (χ3v) is 4.98. The average molecular weight is 416 g/mol. The van der Waals surface area contributed by atoms with Crippen molar-refractivity contribution < 1.29 is 26.7 Å². The van der Waals surface area contributed by atoms with Crippen molar-refractivity contribution in [1.29, 1.82) is 0 Å². The van der Waals surface area contributed by atoms with Gasteiger partial charge in [0.2, 0.25) is 0 Å². The van der Waals surface area contributed by atoms with Crippen LogP contribution in [0.25, 0.3) is 0 Å². The summed E-state index contributed by atoms with van der Waals surface area (Å²) in [6.07, 6.45) is 7.15. The minimum absolute atomic E-state index is 0.0336. The Balaban J connectivity index is 4.48. The number of rotatable bonds is 17. The fourth-order valence-corrected chi connectivity index (χ4v) is 3.15. The summed E-state index contributed by atoms with van der Waals surface area (Å²) in [7, 11) is 0. The Morgan fingerprint density at radius 3 is 1.25 bits per heavy atom. The first kappa shape index (κ1) is 27.1. The van der Waals surface area contributed by atoms with E-state index in [4.69, 9.17) is 0 Å². The van der Waals surface area contributed by atoms with Crippen molar-refractivity contribution in [3.05, 3.63) is 0 Å². The van der Waals surface area contributed by atoms with Crippen molar-refractivity contribution in [1.82, 2.24) is 4.90 Å². The van der Waals surface area contributed by atoms with Crippen molar-refractivity contribution in [3.8, 4) is 0 Å². The molecule has 0 rings (SSSR count). The molecule has 2 nitrogen and oxygen atoms in total. The van der Waals surface area contributed by atoms with E-state index in [2.05, 4.69) is 13.8 Å². The quantitative estimate of drug-likeness (QED) is 0.178. The molecular formula is C21H38F5NO. The van der Waals surface area contributed by atoms with E-state index in [9.17, 15) is 26.7 Å². The van der Waals surface area contributed by atoms with Crippen LogP contribution in [0, 0.1) is 0 Å². The van der Waals surface area contributed by atoms with E-state index >= 15 is 0 Å². The molecule has 0 saturated carbocycles. The van der Waals surface area contributed by atoms with E-state index < -0.39 is 18.0 Å². The molecule has 0 aromatic heterocycles. The van der Waals surface area contributed by atoms with Gasteiger partial charge in [0.15, 0.2) is 0 Å². The van der Waals surface area contributed by atoms with Crippen molar-refractivity contribution in [2.45, 2.75) is 116 Å². The molecular weight excluding hydrogens is 377 g/mol. The van der Waals surface area contributed by atoms with Gasteiger partial charge in [-0.3, -0.25) is 4.79 Å². The molecule has 28 heavy (non-hydrogen) atoms. The van der Waals surface area contributed by atoms with Crippen molar-refractivity contribution >= 4 is 5.91 Å². The number of unbranched alkanes of at least 4 members (excludes halogenated alkanes) is 12. The number of nitrogens with zero attached hydrogens (tertiary/aromatic N) is 1. The molecule has 0 N–H and O–H groups in total. The maximum absolute atomic E-state index is 13.5. The number of amides is 1. The minimum atomic E-state index is -5.84. The van der Waals surface area contributed by atoms with Crippen molar-refractivity contribution in [3.63, 3.8) is 0 Å². The van der Waals surface area contributed by atoms with Gasteiger partial charge in [-0.2, -0.15) is 22.0 Å². The van der Waals surface area contributed by atoms with Gasteiger partial charge in [-0.25, -0.2) is 0 Å². The Hall–Kier alpha value is -0.880. The second kappa shape index (κ2) is 15.0. The first-order valence-corrected chi connectivity index (χ1v) is 10.9. The van der Waals surface area contributed by atoms with Crippen LogP contribution in [0.1, 0.15) is 104 Å². The second-order valence-electron chi connectivity index (χ2n) is 7.61. The van der Waals surface area contributed by atoms with Crippen LogP contribution in [-0.2, 0) is 4.79 Å². The lowest BCUT2D eigenvalue weighted by Gasteiger charge is -2.28. The molecule has 0 spiro atoms. The number of hydrogen-bond donors (Lipinski definition) is 0. The van der Waals surface area contributed by atoms with E-state index in [1.807, 2.05) is 0 Å². The zero-order chi connectivity index (χ0) is 21.5. The number of carbonyl (C=O) groups is 1. The van der Waals surface area contributed by atoms with E-state index in [1.54, 1.807) is 0 Å². The zero-order valence-electron chi connectivity index (χ0n) is 17.6. The molecule has 0 saturated heterocycles. The molecule has 0 aliphatic heterocycles. The highest BCUT2D eigenvalue weighted by Gasteiger charge is 2.64. The maximum Gasteiger partial charge on any atom is 0.463 e. The highest BCUT2D eigenvalue weighted by atomic mass is 19.4. The van der Waals surface area contributed by atoms with Crippen LogP contribution in [0.2, 0.25) is 0 Å². The zero-order valence-corrected chi connectivity index (χ0v) is 17.6. The Morgan fingerprint density at radius 1 is 0.607 bits per heavy atom. The van der Waals surface area contributed by atoms with Gasteiger partial charge < -0.3 is 4.90 Å². The van der Waals surface area contributed by atoms with E-state index in [-0.39, 0.29) is 13.1 Å². The monoisotopic (exact) mass is 415 g/mol. The summed E-state index contributed by atoms with van der Waals surface area (Å²) < 4.78 is 64.7. The van der Waals surface area contributed by atoms with E-state index in [1.165, 1.54) is 0 Å². The van der Waals surface area contributed by atoms with E-state index in [0.29, 0.717) is 12.8 Å². The molecule has 0 aromatic rings. The average Bonchev–Trinajstić information content (AvgIpc) is 2.63. The molecule has 1 amide bonds. The summed E-state index contributed by atoms with van der Waals surface area (Å²) in [6.45, 7) is 4.14. The summed E-state index contributed by atoms with van der Waals surface area (Å²) in [5, 5.41) is 0. The van der Waals surface area contributed by atoms with E-state index in [0.717, 1.165) is 81.9 Å². The van der Waals surface area contributed by atoms with Gasteiger partial charge in [0.05, 0.1) is 0 Å². The van der Waals surface area contributed by atoms with Gasteiger partial charge in [0.25, 0.3) is 0 Å². The molecule has 0 aliphatic carbocycles. The number of alkyl halides is 5. The van der Waals surface area contributed by atoms with Crippen LogP contribution >= 0.6 is 0 Å². The molecule has 168 valence electrons. The third-order valence-electron chi connectivity index (χ3n) is 4.98. The number of carbonyl (C=O) groups excluding carboxylic acids is 1. The predicted molar refractivity (Wildman–Crippen MR) is 104 cm³/mol. The van der Waals surface area contributed by atoms with Crippen LogP contribution in [-0.4, -0.2) is 36.0 Å². The van der Waals surface area contributed by atoms with Crippen molar-refractivity contribution in [2.24, 2.45) is 0 Å². The Kier molecular flexibility index (Phi) is 14.6. The smallest absolute Gasteiger partial charge is 0.337 e. The molecule has 7 heteroatoms. The van der Waals surface area contributed by atoms with Crippen LogP contribution < -0.4 is 0 Å². The summed E-state index contributed by atoms with van der Waals surface area (Å²) in [4.78, 5) is 12.6. The maximum atomic E-state index is 13.5. The normalized spacial score (nSPS) is 12.4. The fraction of sp³-hybridized carbons (Fsp3) is 0.952. The van der Waals surface area contributed by atoms with Crippen LogP contribution in [0.15, 0.2) is 0 Å². The highest BCUT2D eigenvalue weighted by molar-refractivity contribution is 5.84. The van der Waals surface area contributed by atoms with Gasteiger partial charge in [0.1, 0.15) is 0 Å². The predicted octanol–water partition coefficient (Wildman–Crippen LogP) is 7.51. The molecule has 0 bridgehead atoms. The fourth-order valence-electron chi connectivity index (χ4n) is 3.15. The largest absolute Gasteiger partial charge is 0.463 e. The lowest BCUT2D eigenvalue weighted by atomic mass is 10.1. The third kappa shape index (κ3) is 11.2. The number of hydrogen-bond acceptors (Lipinski definition) is 1. The highest BCUT2D eigenvalue weighted by Crippen LogP contribution is 2.37. The lowest BCUT2D eigenvalue weighted by molar-refractivity contribution is -0.274. The van der Waals surface area contributed by atoms with Gasteiger partial charge in [-0.1, -0.05) is 90.9 Å². The van der Waals surface area contributed by atoms with Crippen LogP contribution in [0.3, 0.4) is 0 Å². The number of halogens is 5. The summed E-state index contributed by atoms with van der Waals surface area (Å²) in [6, 6.07) is 0. The standard InChI is InChI=1S/C21H38F5NO/c1-3-5-7-9-11-13-15-17-27(18-16-14-12-10-8-6-4-2)19(28)20(22,23)21(24,25)26/h3-18H2,1-2H3. The SMILES string of the molecule is CCCCCCCCCN(CCCCCCCCC)C(=O)C(F)(F)C(F)(F)F. The molecule has 0 heterocycles. The summed E-state index contributed by atoms with van der Waals surface area (Å²) in [5.74, 6) is -7.41. The van der Waals surface area contributed by atoms with Crippen LogP contribution in [0.5, 0.6) is 0 Å². The summed E-state index contributed by atoms with van der Waals surface area (Å²) in [5.41, 5.74) is 0. The lowest BCUT2D eigenvalue weighted by Crippen LogP contribution is -2.52. The Morgan fingerprint density at radius 2 is 0.929 bits per heavy atom. The molecule has 0 radical (unpaired) electrons. The van der Waals surface area contributed by atoms with Gasteiger partial charge in [0, 0.05) is 13.1 Å². The molecule has 0 atom stereocenters. The Labute approximate surface area is 167 Å². The first-order valence-electron chi connectivity index (χ1n) is 10.9. The van der Waals surface area contributed by atoms with Crippen LogP contribution in [0.4, 0.5) is 22.0 Å². The van der Waals surface area contributed by atoms with Gasteiger partial charge in [-0.15, -0.1) is 0 Å². The minimum Gasteiger partial charge on any atom is -0.337 e. The molecule has 0 aliphatic rings. The molecule has 0 unspecified atom stereocenters. The second-order valence-corrected chi connectivity index (χ2v) is 7.61.